The Balaban J connectivity index is 1.60. The van der Waals surface area contributed by atoms with Crippen LogP contribution in [0.3, 0.4) is 0 Å². The van der Waals surface area contributed by atoms with Crippen molar-refractivity contribution in [1.82, 2.24) is 9.88 Å². The average Bonchev–Trinajstić information content (AvgIpc) is 3.01. The van der Waals surface area contributed by atoms with Gasteiger partial charge in [0.25, 0.3) is 0 Å². The van der Waals surface area contributed by atoms with Crippen LogP contribution in [0.5, 0.6) is 0 Å². The zero-order chi connectivity index (χ0) is 14.7. The normalized spacial score (nSPS) is 16.1. The van der Waals surface area contributed by atoms with Crippen LogP contribution in [-0.2, 0) is 6.54 Å². The molecule has 0 radical (unpaired) electrons. The Morgan fingerprint density at radius 1 is 1.24 bits per heavy atom. The maximum atomic E-state index is 11.0. The van der Waals surface area contributed by atoms with Gasteiger partial charge in [-0.1, -0.05) is 6.07 Å². The van der Waals surface area contributed by atoms with Gasteiger partial charge in [0.05, 0.1) is 0 Å². The first kappa shape index (κ1) is 14.0. The molecular weight excluding hydrogens is 286 g/mol. The number of carboxylic acids is 1. The van der Waals surface area contributed by atoms with Crippen molar-refractivity contribution in [3.8, 4) is 0 Å². The monoisotopic (exact) mass is 303 g/mol. The third-order valence-electron chi connectivity index (χ3n) is 3.64. The number of piperazine rings is 1. The molecule has 5 nitrogen and oxygen atoms in total. The minimum Gasteiger partial charge on any atom is -0.477 e. The maximum Gasteiger partial charge on any atom is 0.354 e. The van der Waals surface area contributed by atoms with Gasteiger partial charge in [-0.25, -0.2) is 9.78 Å². The SMILES string of the molecule is O=C(O)c1cccc(N2CCN(Cc3ccsc3)CC2)n1. The summed E-state index contributed by atoms with van der Waals surface area (Å²) in [6.07, 6.45) is 0. The van der Waals surface area contributed by atoms with Gasteiger partial charge in [-0.2, -0.15) is 11.3 Å². The number of anilines is 1. The standard InChI is InChI=1S/C15H17N3O2S/c19-15(20)13-2-1-3-14(16-13)18-7-5-17(6-8-18)10-12-4-9-21-11-12/h1-4,9,11H,5-8,10H2,(H,19,20). The Bertz CT molecular complexity index is 607. The van der Waals surface area contributed by atoms with E-state index >= 15 is 0 Å². The van der Waals surface area contributed by atoms with Crippen LogP contribution in [0.2, 0.25) is 0 Å². The largest absolute Gasteiger partial charge is 0.477 e. The van der Waals surface area contributed by atoms with Gasteiger partial charge >= 0.3 is 5.97 Å². The van der Waals surface area contributed by atoms with Crippen molar-refractivity contribution < 1.29 is 9.90 Å². The molecule has 0 saturated carbocycles. The number of aromatic carboxylic acids is 1. The van der Waals surface area contributed by atoms with E-state index in [4.69, 9.17) is 5.11 Å². The van der Waals surface area contributed by atoms with Crippen molar-refractivity contribution in [2.24, 2.45) is 0 Å². The first-order valence-corrected chi connectivity index (χ1v) is 7.85. The van der Waals surface area contributed by atoms with Gasteiger partial charge in [0.15, 0.2) is 5.69 Å². The summed E-state index contributed by atoms with van der Waals surface area (Å²) in [6.45, 7) is 4.67. The Morgan fingerprint density at radius 2 is 2.05 bits per heavy atom. The molecule has 2 aromatic heterocycles. The van der Waals surface area contributed by atoms with E-state index in [1.54, 1.807) is 17.4 Å². The molecule has 0 spiro atoms. The number of aromatic nitrogens is 1. The molecule has 0 aliphatic carbocycles. The first-order chi connectivity index (χ1) is 10.2. The first-order valence-electron chi connectivity index (χ1n) is 6.91. The Hall–Kier alpha value is -1.92. The molecule has 0 atom stereocenters. The van der Waals surface area contributed by atoms with Crippen LogP contribution in [0.25, 0.3) is 0 Å². The summed E-state index contributed by atoms with van der Waals surface area (Å²) in [5, 5.41) is 13.3. The van der Waals surface area contributed by atoms with Crippen molar-refractivity contribution in [2.45, 2.75) is 6.54 Å². The molecule has 3 heterocycles. The summed E-state index contributed by atoms with van der Waals surface area (Å²) in [4.78, 5) is 19.7. The van der Waals surface area contributed by atoms with Crippen LogP contribution < -0.4 is 4.90 Å². The zero-order valence-corrected chi connectivity index (χ0v) is 12.4. The average molecular weight is 303 g/mol. The molecule has 6 heteroatoms. The second kappa shape index (κ2) is 6.24. The highest BCUT2D eigenvalue weighted by Crippen LogP contribution is 2.16. The fraction of sp³-hybridized carbons (Fsp3) is 0.333. The quantitative estimate of drug-likeness (QED) is 0.938. The van der Waals surface area contributed by atoms with Crippen molar-refractivity contribution in [3.63, 3.8) is 0 Å². The van der Waals surface area contributed by atoms with Crippen LogP contribution in [0.4, 0.5) is 5.82 Å². The second-order valence-electron chi connectivity index (χ2n) is 5.08. The van der Waals surface area contributed by atoms with Gasteiger partial charge < -0.3 is 10.0 Å². The van der Waals surface area contributed by atoms with Crippen molar-refractivity contribution in [3.05, 3.63) is 46.3 Å². The van der Waals surface area contributed by atoms with E-state index < -0.39 is 5.97 Å². The summed E-state index contributed by atoms with van der Waals surface area (Å²) < 4.78 is 0. The molecule has 110 valence electrons. The van der Waals surface area contributed by atoms with E-state index in [0.29, 0.717) is 0 Å². The van der Waals surface area contributed by atoms with E-state index in [1.807, 2.05) is 6.07 Å². The molecule has 1 aliphatic rings. The summed E-state index contributed by atoms with van der Waals surface area (Å²) >= 11 is 1.73. The Kier molecular flexibility index (Phi) is 4.17. The maximum absolute atomic E-state index is 11.0. The molecule has 3 rings (SSSR count). The topological polar surface area (TPSA) is 56.7 Å². The lowest BCUT2D eigenvalue weighted by Crippen LogP contribution is -2.46. The molecule has 1 fully saturated rings. The minimum absolute atomic E-state index is 0.105. The minimum atomic E-state index is -0.979. The Morgan fingerprint density at radius 3 is 2.71 bits per heavy atom. The smallest absolute Gasteiger partial charge is 0.354 e. The van der Waals surface area contributed by atoms with Crippen molar-refractivity contribution in [2.75, 3.05) is 31.1 Å². The highest BCUT2D eigenvalue weighted by Gasteiger charge is 2.19. The van der Waals surface area contributed by atoms with Crippen LogP contribution >= 0.6 is 11.3 Å². The molecule has 1 saturated heterocycles. The van der Waals surface area contributed by atoms with E-state index in [1.165, 1.54) is 11.6 Å². The van der Waals surface area contributed by atoms with E-state index in [2.05, 4.69) is 31.6 Å². The third kappa shape index (κ3) is 3.40. The van der Waals surface area contributed by atoms with Crippen LogP contribution in [-0.4, -0.2) is 47.1 Å². The molecule has 21 heavy (non-hydrogen) atoms. The van der Waals surface area contributed by atoms with Gasteiger partial charge in [0.2, 0.25) is 0 Å². The number of carbonyl (C=O) groups is 1. The summed E-state index contributed by atoms with van der Waals surface area (Å²) in [5.41, 5.74) is 1.47. The van der Waals surface area contributed by atoms with Crippen LogP contribution in [0.1, 0.15) is 16.1 Å². The molecule has 0 unspecified atom stereocenters. The van der Waals surface area contributed by atoms with Gasteiger partial charge in [-0.05, 0) is 34.5 Å². The molecule has 0 amide bonds. The summed E-state index contributed by atoms with van der Waals surface area (Å²) in [5.74, 6) is -0.224. The zero-order valence-electron chi connectivity index (χ0n) is 11.6. The number of hydrogen-bond donors (Lipinski definition) is 1. The molecule has 1 aliphatic heterocycles. The second-order valence-corrected chi connectivity index (χ2v) is 5.86. The predicted molar refractivity (Wildman–Crippen MR) is 83.0 cm³/mol. The highest BCUT2D eigenvalue weighted by atomic mass is 32.1. The van der Waals surface area contributed by atoms with Gasteiger partial charge in [-0.15, -0.1) is 0 Å². The fourth-order valence-electron chi connectivity index (χ4n) is 2.49. The fourth-order valence-corrected chi connectivity index (χ4v) is 3.15. The number of hydrogen-bond acceptors (Lipinski definition) is 5. The number of nitrogens with zero attached hydrogens (tertiary/aromatic N) is 3. The third-order valence-corrected chi connectivity index (χ3v) is 4.37. The molecule has 1 N–H and O–H groups in total. The predicted octanol–water partition coefficient (Wildman–Crippen LogP) is 2.16. The lowest BCUT2D eigenvalue weighted by Gasteiger charge is -2.35. The van der Waals surface area contributed by atoms with E-state index in [-0.39, 0.29) is 5.69 Å². The lowest BCUT2D eigenvalue weighted by atomic mass is 10.2. The summed E-state index contributed by atoms with van der Waals surface area (Å²) in [6, 6.07) is 7.32. The van der Waals surface area contributed by atoms with Gasteiger partial charge in [0, 0.05) is 32.7 Å². The van der Waals surface area contributed by atoms with Crippen molar-refractivity contribution >= 4 is 23.1 Å². The molecule has 0 aromatic carbocycles. The molecule has 2 aromatic rings. The van der Waals surface area contributed by atoms with E-state index in [0.717, 1.165) is 38.5 Å². The Labute approximate surface area is 127 Å². The number of carboxylic acid groups (broad SMARTS) is 1. The number of pyridine rings is 1. The molecule has 0 bridgehead atoms. The number of rotatable bonds is 4. The lowest BCUT2D eigenvalue weighted by molar-refractivity contribution is 0.0690. The number of thiophene rings is 1. The van der Waals surface area contributed by atoms with E-state index in [9.17, 15) is 4.79 Å². The van der Waals surface area contributed by atoms with Crippen LogP contribution in [0, 0.1) is 0 Å². The highest BCUT2D eigenvalue weighted by molar-refractivity contribution is 7.07. The van der Waals surface area contributed by atoms with Crippen LogP contribution in [0.15, 0.2) is 35.0 Å². The van der Waals surface area contributed by atoms with Crippen molar-refractivity contribution in [1.29, 1.82) is 0 Å². The van der Waals surface area contributed by atoms with Gasteiger partial charge in [0.1, 0.15) is 5.82 Å². The molecular formula is C15H17N3O2S. The summed E-state index contributed by atoms with van der Waals surface area (Å²) in [7, 11) is 0. The van der Waals surface area contributed by atoms with Gasteiger partial charge in [-0.3, -0.25) is 4.90 Å².